The van der Waals surface area contributed by atoms with Crippen LogP contribution in [0.1, 0.15) is 21.6 Å². The highest BCUT2D eigenvalue weighted by molar-refractivity contribution is 5.91. The number of benzene rings is 2. The van der Waals surface area contributed by atoms with Gasteiger partial charge in [-0.2, -0.15) is 0 Å². The molecule has 0 unspecified atom stereocenters. The second kappa shape index (κ2) is 11.5. The van der Waals surface area contributed by atoms with Gasteiger partial charge >= 0.3 is 12.0 Å². The number of carboxylic acids is 1. The van der Waals surface area contributed by atoms with E-state index in [9.17, 15) is 9.59 Å². The van der Waals surface area contributed by atoms with Crippen LogP contribution in [0.3, 0.4) is 0 Å². The average molecular weight is 450 g/mol. The third-order valence-corrected chi connectivity index (χ3v) is 4.56. The molecule has 0 saturated heterocycles. The number of nitrogens with one attached hydrogen (secondary N) is 3. The molecule has 0 saturated carbocycles. The summed E-state index contributed by atoms with van der Waals surface area (Å²) in [6.07, 6.45) is 1.38. The van der Waals surface area contributed by atoms with Gasteiger partial charge in [0.1, 0.15) is 23.9 Å². The lowest BCUT2D eigenvalue weighted by Crippen LogP contribution is -2.28. The van der Waals surface area contributed by atoms with E-state index in [4.69, 9.17) is 14.6 Å². The number of hydrogen-bond acceptors (Lipinski definition) is 6. The predicted molar refractivity (Wildman–Crippen MR) is 124 cm³/mol. The number of aromatic carboxylic acids is 1. The lowest BCUT2D eigenvalue weighted by Gasteiger charge is -2.14. The average Bonchev–Trinajstić information content (AvgIpc) is 2.80. The number of nitrogens with zero attached hydrogens (tertiary/aromatic N) is 1. The van der Waals surface area contributed by atoms with Crippen molar-refractivity contribution in [2.45, 2.75) is 13.5 Å². The third-order valence-electron chi connectivity index (χ3n) is 4.56. The van der Waals surface area contributed by atoms with Crippen LogP contribution in [0, 0.1) is 6.92 Å². The predicted octanol–water partition coefficient (Wildman–Crippen LogP) is 3.80. The molecule has 1 aromatic heterocycles. The first-order valence-corrected chi connectivity index (χ1v) is 10.3. The molecule has 0 aliphatic rings. The first kappa shape index (κ1) is 23.6. The number of likely N-dealkylation sites (N-methyl/N-ethyl adjacent to an activating group) is 1. The van der Waals surface area contributed by atoms with E-state index < -0.39 is 5.97 Å². The summed E-state index contributed by atoms with van der Waals surface area (Å²) < 4.78 is 11.4. The van der Waals surface area contributed by atoms with Crippen LogP contribution >= 0.6 is 0 Å². The van der Waals surface area contributed by atoms with Crippen LogP contribution in [0.15, 0.2) is 60.8 Å². The number of aryl methyl sites for hydroxylation is 1. The monoisotopic (exact) mass is 450 g/mol. The standard InChI is InChI=1S/C24H26N4O5/c1-16-3-8-22(32-12-11-25-2)20(13-16)28-24(31)27-15-17-4-6-18(7-5-17)33-19-9-10-26-21(14-19)23(29)30/h3-10,13-14,25H,11-12,15H2,1-2H3,(H,29,30)(H2,27,28,31). The summed E-state index contributed by atoms with van der Waals surface area (Å²) in [5, 5.41) is 17.7. The maximum Gasteiger partial charge on any atom is 0.354 e. The second-order valence-corrected chi connectivity index (χ2v) is 7.19. The lowest BCUT2D eigenvalue weighted by atomic mass is 10.2. The number of hydrogen-bond donors (Lipinski definition) is 4. The van der Waals surface area contributed by atoms with Gasteiger partial charge in [0.25, 0.3) is 0 Å². The minimum Gasteiger partial charge on any atom is -0.490 e. The molecule has 0 bridgehead atoms. The number of amides is 2. The molecule has 33 heavy (non-hydrogen) atoms. The zero-order valence-electron chi connectivity index (χ0n) is 18.4. The molecule has 2 aromatic carbocycles. The van der Waals surface area contributed by atoms with Crippen LogP contribution in [0.5, 0.6) is 17.2 Å². The van der Waals surface area contributed by atoms with E-state index in [1.165, 1.54) is 12.3 Å². The molecular weight excluding hydrogens is 424 g/mol. The van der Waals surface area contributed by atoms with E-state index in [1.807, 2.05) is 44.3 Å². The van der Waals surface area contributed by atoms with Crippen molar-refractivity contribution in [2.75, 3.05) is 25.5 Å². The number of aromatic nitrogens is 1. The molecule has 0 aliphatic carbocycles. The van der Waals surface area contributed by atoms with Gasteiger partial charge in [0.2, 0.25) is 0 Å². The topological polar surface area (TPSA) is 122 Å². The number of ether oxygens (including phenoxy) is 2. The number of carboxylic acid groups (broad SMARTS) is 1. The van der Waals surface area contributed by atoms with Crippen LogP contribution in [-0.4, -0.2) is 42.3 Å². The van der Waals surface area contributed by atoms with Crippen molar-refractivity contribution in [1.82, 2.24) is 15.6 Å². The molecule has 0 aliphatic heterocycles. The summed E-state index contributed by atoms with van der Waals surface area (Å²) in [4.78, 5) is 27.2. The van der Waals surface area contributed by atoms with Crippen LogP contribution in [-0.2, 0) is 6.54 Å². The highest BCUT2D eigenvalue weighted by Crippen LogP contribution is 2.26. The number of carbonyl (C=O) groups is 2. The Kier molecular flexibility index (Phi) is 8.20. The van der Waals surface area contributed by atoms with Crippen LogP contribution < -0.4 is 25.4 Å². The summed E-state index contributed by atoms with van der Waals surface area (Å²) in [5.41, 5.74) is 2.38. The van der Waals surface area contributed by atoms with Crippen molar-refractivity contribution in [2.24, 2.45) is 0 Å². The van der Waals surface area contributed by atoms with Crippen molar-refractivity contribution in [3.63, 3.8) is 0 Å². The van der Waals surface area contributed by atoms with E-state index in [1.54, 1.807) is 18.2 Å². The molecule has 3 rings (SSSR count). The minimum atomic E-state index is -1.12. The number of urea groups is 1. The summed E-state index contributed by atoms with van der Waals surface area (Å²) in [5.74, 6) is 0.393. The molecule has 0 fully saturated rings. The molecule has 1 heterocycles. The Labute approximate surface area is 191 Å². The molecule has 0 spiro atoms. The second-order valence-electron chi connectivity index (χ2n) is 7.19. The zero-order chi connectivity index (χ0) is 23.6. The maximum absolute atomic E-state index is 12.4. The molecule has 9 heteroatoms. The van der Waals surface area contributed by atoms with E-state index in [-0.39, 0.29) is 11.7 Å². The molecular formula is C24H26N4O5. The Morgan fingerprint density at radius 3 is 2.55 bits per heavy atom. The van der Waals surface area contributed by atoms with Gasteiger partial charge in [-0.05, 0) is 55.4 Å². The Hall–Kier alpha value is -4.11. The van der Waals surface area contributed by atoms with E-state index >= 15 is 0 Å². The van der Waals surface area contributed by atoms with Gasteiger partial charge < -0.3 is 30.5 Å². The number of carbonyl (C=O) groups excluding carboxylic acids is 1. The van der Waals surface area contributed by atoms with Crippen molar-refractivity contribution in [3.8, 4) is 17.2 Å². The first-order valence-electron chi connectivity index (χ1n) is 10.3. The summed E-state index contributed by atoms with van der Waals surface area (Å²) in [7, 11) is 1.85. The fourth-order valence-corrected chi connectivity index (χ4v) is 2.88. The minimum absolute atomic E-state index is 0.0940. The summed E-state index contributed by atoms with van der Waals surface area (Å²) in [6.45, 7) is 3.44. The summed E-state index contributed by atoms with van der Waals surface area (Å²) in [6, 6.07) is 15.3. The van der Waals surface area contributed by atoms with Crippen molar-refractivity contribution in [1.29, 1.82) is 0 Å². The van der Waals surface area contributed by atoms with E-state index in [2.05, 4.69) is 20.9 Å². The Morgan fingerprint density at radius 2 is 1.82 bits per heavy atom. The van der Waals surface area contributed by atoms with Gasteiger partial charge in [0.05, 0.1) is 5.69 Å². The van der Waals surface area contributed by atoms with Crippen molar-refractivity contribution >= 4 is 17.7 Å². The highest BCUT2D eigenvalue weighted by atomic mass is 16.5. The van der Waals surface area contributed by atoms with Crippen molar-refractivity contribution < 1.29 is 24.2 Å². The molecule has 9 nitrogen and oxygen atoms in total. The van der Waals surface area contributed by atoms with Gasteiger partial charge in [-0.25, -0.2) is 14.6 Å². The molecule has 0 atom stereocenters. The largest absolute Gasteiger partial charge is 0.490 e. The third kappa shape index (κ3) is 7.22. The first-order chi connectivity index (χ1) is 15.9. The molecule has 2 amide bonds. The van der Waals surface area contributed by atoms with Gasteiger partial charge in [-0.15, -0.1) is 0 Å². The Bertz CT molecular complexity index is 1100. The molecule has 4 N–H and O–H groups in total. The van der Waals surface area contributed by atoms with Gasteiger partial charge in [0, 0.05) is 25.4 Å². The van der Waals surface area contributed by atoms with Gasteiger partial charge in [-0.3, -0.25) is 0 Å². The van der Waals surface area contributed by atoms with Crippen molar-refractivity contribution in [3.05, 3.63) is 77.6 Å². The SMILES string of the molecule is CNCCOc1ccc(C)cc1NC(=O)NCc1ccc(Oc2ccnc(C(=O)O)c2)cc1. The number of anilines is 1. The Morgan fingerprint density at radius 1 is 1.03 bits per heavy atom. The van der Waals surface area contributed by atoms with Gasteiger partial charge in [-0.1, -0.05) is 18.2 Å². The fourth-order valence-electron chi connectivity index (χ4n) is 2.88. The smallest absolute Gasteiger partial charge is 0.354 e. The van der Waals surface area contributed by atoms with E-state index in [0.717, 1.165) is 11.1 Å². The summed E-state index contributed by atoms with van der Waals surface area (Å²) >= 11 is 0. The van der Waals surface area contributed by atoms with Crippen LogP contribution in [0.25, 0.3) is 0 Å². The molecule has 172 valence electrons. The number of rotatable bonds is 10. The number of pyridine rings is 1. The van der Waals surface area contributed by atoms with Crippen LogP contribution in [0.2, 0.25) is 0 Å². The quantitative estimate of drug-likeness (QED) is 0.347. The lowest BCUT2D eigenvalue weighted by molar-refractivity contribution is 0.0690. The van der Waals surface area contributed by atoms with Crippen LogP contribution in [0.4, 0.5) is 10.5 Å². The van der Waals surface area contributed by atoms with E-state index in [0.29, 0.717) is 42.6 Å². The molecule has 0 radical (unpaired) electrons. The molecule has 3 aromatic rings. The fraction of sp³-hybridized carbons (Fsp3) is 0.208. The normalized spacial score (nSPS) is 10.4. The maximum atomic E-state index is 12.4. The van der Waals surface area contributed by atoms with Gasteiger partial charge in [0.15, 0.2) is 5.69 Å². The Balaban J connectivity index is 1.54. The highest BCUT2D eigenvalue weighted by Gasteiger charge is 2.09. The zero-order valence-corrected chi connectivity index (χ0v) is 18.4.